The Kier molecular flexibility index (Phi) is 6.88. The lowest BCUT2D eigenvalue weighted by Gasteiger charge is -2.39. The second-order valence-electron chi connectivity index (χ2n) is 10.4. The molecule has 1 aromatic carbocycles. The summed E-state index contributed by atoms with van der Waals surface area (Å²) in [5, 5.41) is 11.4. The van der Waals surface area contributed by atoms with Gasteiger partial charge in [0.1, 0.15) is 0 Å². The highest BCUT2D eigenvalue weighted by Crippen LogP contribution is 2.37. The van der Waals surface area contributed by atoms with Crippen LogP contribution in [0, 0.1) is 11.8 Å². The molecule has 4 fully saturated rings. The molecule has 3 heterocycles. The van der Waals surface area contributed by atoms with E-state index in [9.17, 15) is 18.0 Å². The molecule has 0 bridgehead atoms. The van der Waals surface area contributed by atoms with E-state index in [-0.39, 0.29) is 42.0 Å². The van der Waals surface area contributed by atoms with Gasteiger partial charge in [-0.1, -0.05) is 6.07 Å². The average Bonchev–Trinajstić information content (AvgIpc) is 3.65. The number of hydrogen-bond donors (Lipinski definition) is 4. The monoisotopic (exact) mass is 520 g/mol. The number of ether oxygens (including phenoxy) is 1. The topological polar surface area (TPSA) is 132 Å². The van der Waals surface area contributed by atoms with Crippen molar-refractivity contribution in [2.45, 2.75) is 56.4 Å². The summed E-state index contributed by atoms with van der Waals surface area (Å²) in [5.74, 6) is -0.182. The third-order valence-electron chi connectivity index (χ3n) is 7.71. The van der Waals surface area contributed by atoms with Crippen molar-refractivity contribution in [2.75, 3.05) is 43.2 Å². The molecular weight excluding hydrogens is 484 g/mol. The summed E-state index contributed by atoms with van der Waals surface area (Å²) in [6, 6.07) is 5.48. The number of carbonyl (C=O) groups excluding carboxylic acids is 2. The van der Waals surface area contributed by atoms with Crippen LogP contribution in [0.1, 0.15) is 43.6 Å². The third-order valence-corrected chi connectivity index (χ3v) is 8.90. The predicted octanol–water partition coefficient (Wildman–Crippen LogP) is 0.521. The molecule has 11 nitrogen and oxygen atoms in total. The van der Waals surface area contributed by atoms with Crippen LogP contribution in [0.15, 0.2) is 18.2 Å². The Morgan fingerprint density at radius 2 is 2.03 bits per heavy atom. The van der Waals surface area contributed by atoms with E-state index in [0.29, 0.717) is 24.4 Å². The predicted molar refractivity (Wildman–Crippen MR) is 135 cm³/mol. The Labute approximate surface area is 212 Å². The van der Waals surface area contributed by atoms with E-state index < -0.39 is 15.9 Å². The maximum Gasteiger partial charge on any atom is 0.244 e. The number of fused-ring (bicyclic) bond motifs is 1. The molecule has 2 amide bonds. The van der Waals surface area contributed by atoms with E-state index >= 15 is 0 Å². The molecule has 1 aromatic rings. The summed E-state index contributed by atoms with van der Waals surface area (Å²) in [6.07, 6.45) is 4.75. The van der Waals surface area contributed by atoms with Crippen LogP contribution in [0.5, 0.6) is 0 Å². The molecule has 5 unspecified atom stereocenters. The number of rotatable bonds is 7. The molecule has 5 atom stereocenters. The van der Waals surface area contributed by atoms with Crippen LogP contribution in [0.2, 0.25) is 0 Å². The number of nitrogens with one attached hydrogen (secondary N) is 4. The van der Waals surface area contributed by atoms with Crippen LogP contribution >= 0.6 is 0 Å². The minimum absolute atomic E-state index is 0.0268. The summed E-state index contributed by atoms with van der Waals surface area (Å²) >= 11 is 0. The second kappa shape index (κ2) is 9.81. The lowest BCUT2D eigenvalue weighted by atomic mass is 9.88. The molecule has 0 radical (unpaired) electrons. The molecule has 5 rings (SSSR count). The fourth-order valence-electron chi connectivity index (χ4n) is 5.40. The molecule has 1 saturated carbocycles. The lowest BCUT2D eigenvalue weighted by molar-refractivity contribution is -0.131. The van der Waals surface area contributed by atoms with Crippen molar-refractivity contribution in [3.05, 3.63) is 23.8 Å². The van der Waals surface area contributed by atoms with Gasteiger partial charge in [-0.2, -0.15) is 0 Å². The normalized spacial score (nSPS) is 30.6. The van der Waals surface area contributed by atoms with Crippen LogP contribution in [-0.4, -0.2) is 77.2 Å². The van der Waals surface area contributed by atoms with E-state index in [4.69, 9.17) is 4.74 Å². The Bertz CT molecular complexity index is 1120. The summed E-state index contributed by atoms with van der Waals surface area (Å²) in [6.45, 7) is 1.36. The minimum atomic E-state index is -3.53. The first kappa shape index (κ1) is 25.2. The molecule has 198 valence electrons. The van der Waals surface area contributed by atoms with Gasteiger partial charge in [0.15, 0.2) is 0 Å². The molecule has 0 spiro atoms. The van der Waals surface area contributed by atoms with Crippen molar-refractivity contribution in [3.8, 4) is 0 Å². The molecule has 1 aliphatic carbocycles. The summed E-state index contributed by atoms with van der Waals surface area (Å²) in [5.41, 5.74) is 5.33. The van der Waals surface area contributed by atoms with Gasteiger partial charge >= 0.3 is 0 Å². The molecule has 4 aliphatic rings. The van der Waals surface area contributed by atoms with Crippen molar-refractivity contribution >= 4 is 33.2 Å². The smallest absolute Gasteiger partial charge is 0.244 e. The molecule has 4 N–H and O–H groups in total. The van der Waals surface area contributed by atoms with Crippen LogP contribution in [0.25, 0.3) is 0 Å². The molecule has 3 saturated heterocycles. The standard InChI is InChI=1S/C24H36N6O5S/c1-29-24(32)21-18(12-20(26-22(21)28-29)27-23(31)14-6-7-14)25-17-9-8-15(16-5-4-10-35-13-16)11-19(17)30(2)36(3,33)34/h8-9,11,14,16,18,20-22,25-26,28H,4-7,10,12-13H2,1-3H3,(H,27,31). The number of anilines is 2. The van der Waals surface area contributed by atoms with Crippen LogP contribution in [0.3, 0.4) is 0 Å². The molecular formula is C24H36N6O5S. The largest absolute Gasteiger partial charge is 0.381 e. The third kappa shape index (κ3) is 5.17. The first-order valence-corrected chi connectivity index (χ1v) is 14.5. The lowest BCUT2D eigenvalue weighted by Crippen LogP contribution is -2.63. The van der Waals surface area contributed by atoms with Gasteiger partial charge in [-0.05, 0) is 43.4 Å². The number of carbonyl (C=O) groups is 2. The summed E-state index contributed by atoms with van der Waals surface area (Å²) < 4.78 is 32.0. The van der Waals surface area contributed by atoms with Gasteiger partial charge in [0.05, 0.1) is 42.5 Å². The average molecular weight is 521 g/mol. The van der Waals surface area contributed by atoms with Crippen molar-refractivity contribution in [1.82, 2.24) is 21.1 Å². The van der Waals surface area contributed by atoms with E-state index in [1.807, 2.05) is 18.2 Å². The first-order chi connectivity index (χ1) is 17.1. The number of hydrazine groups is 1. The van der Waals surface area contributed by atoms with E-state index in [0.717, 1.165) is 37.9 Å². The number of benzene rings is 1. The zero-order valence-corrected chi connectivity index (χ0v) is 21.8. The Hall–Kier alpha value is -2.41. The Morgan fingerprint density at radius 3 is 2.69 bits per heavy atom. The van der Waals surface area contributed by atoms with Crippen LogP contribution in [0.4, 0.5) is 11.4 Å². The Morgan fingerprint density at radius 1 is 1.25 bits per heavy atom. The second-order valence-corrected chi connectivity index (χ2v) is 12.5. The van der Waals surface area contributed by atoms with Gasteiger partial charge in [-0.15, -0.1) is 0 Å². The van der Waals surface area contributed by atoms with Crippen molar-refractivity contribution in [3.63, 3.8) is 0 Å². The van der Waals surface area contributed by atoms with Gasteiger partial charge in [0.2, 0.25) is 21.8 Å². The van der Waals surface area contributed by atoms with Crippen LogP contribution in [-0.2, 0) is 24.3 Å². The highest BCUT2D eigenvalue weighted by molar-refractivity contribution is 7.92. The van der Waals surface area contributed by atoms with E-state index in [1.54, 1.807) is 7.05 Å². The van der Waals surface area contributed by atoms with Crippen molar-refractivity contribution < 1.29 is 22.7 Å². The number of piperidine rings is 1. The molecule has 36 heavy (non-hydrogen) atoms. The van der Waals surface area contributed by atoms with Gasteiger partial charge in [0.25, 0.3) is 0 Å². The quantitative estimate of drug-likeness (QED) is 0.409. The molecule has 12 heteroatoms. The minimum Gasteiger partial charge on any atom is -0.381 e. The zero-order valence-electron chi connectivity index (χ0n) is 21.0. The van der Waals surface area contributed by atoms with Gasteiger partial charge in [-0.25, -0.2) is 13.8 Å². The maximum atomic E-state index is 13.0. The van der Waals surface area contributed by atoms with Crippen molar-refractivity contribution in [2.24, 2.45) is 11.8 Å². The maximum absolute atomic E-state index is 13.0. The highest BCUT2D eigenvalue weighted by Gasteiger charge is 2.49. The number of hydrogen-bond acceptors (Lipinski definition) is 8. The molecule has 0 aromatic heterocycles. The highest BCUT2D eigenvalue weighted by atomic mass is 32.2. The summed E-state index contributed by atoms with van der Waals surface area (Å²) in [7, 11) is -0.308. The zero-order chi connectivity index (χ0) is 25.6. The fraction of sp³-hybridized carbons (Fsp3) is 0.667. The first-order valence-electron chi connectivity index (χ1n) is 12.6. The van der Waals surface area contributed by atoms with E-state index in [2.05, 4.69) is 21.4 Å². The number of nitrogens with zero attached hydrogens (tertiary/aromatic N) is 2. The number of sulfonamides is 1. The van der Waals surface area contributed by atoms with Gasteiger partial charge < -0.3 is 15.4 Å². The summed E-state index contributed by atoms with van der Waals surface area (Å²) in [4.78, 5) is 25.4. The van der Waals surface area contributed by atoms with Gasteiger partial charge in [-0.3, -0.25) is 24.2 Å². The van der Waals surface area contributed by atoms with Crippen molar-refractivity contribution in [1.29, 1.82) is 0 Å². The van der Waals surface area contributed by atoms with Gasteiger partial charge in [0, 0.05) is 45.0 Å². The number of amides is 2. The van der Waals surface area contributed by atoms with E-state index in [1.165, 1.54) is 22.6 Å². The van der Waals surface area contributed by atoms with Crippen LogP contribution < -0.4 is 25.7 Å². The Balaban J connectivity index is 1.44. The SMILES string of the molecule is CN1NC2NC(NC(=O)C3CC3)CC(Nc3ccc(C4CCCOC4)cc3N(C)S(C)(=O)=O)C2C1=O. The fourth-order valence-corrected chi connectivity index (χ4v) is 5.91. The molecule has 3 aliphatic heterocycles.